The molecule has 1 atom stereocenters. The van der Waals surface area contributed by atoms with Gasteiger partial charge in [-0.2, -0.15) is 18.3 Å². The monoisotopic (exact) mass is 398 g/mol. The Bertz CT molecular complexity index is 958. The summed E-state index contributed by atoms with van der Waals surface area (Å²) in [5.41, 5.74) is -3.12. The first kappa shape index (κ1) is 19.3. The molecule has 1 aliphatic heterocycles. The van der Waals surface area contributed by atoms with Crippen molar-refractivity contribution in [1.29, 1.82) is 0 Å². The van der Waals surface area contributed by atoms with Crippen LogP contribution in [0.25, 0.3) is 5.69 Å². The van der Waals surface area contributed by atoms with Crippen LogP contribution in [0.15, 0.2) is 36.5 Å². The maximum absolute atomic E-state index is 13.2. The Balaban J connectivity index is 1.83. The number of carbonyl (C=O) groups excluding carboxylic acids is 1. The first-order chi connectivity index (χ1) is 13.0. The minimum atomic E-state index is -5.00. The van der Waals surface area contributed by atoms with Crippen LogP contribution in [0.4, 0.5) is 18.9 Å². The van der Waals surface area contributed by atoms with Crippen LogP contribution in [-0.4, -0.2) is 55.9 Å². The van der Waals surface area contributed by atoms with Gasteiger partial charge in [-0.3, -0.25) is 19.7 Å². The SMILES string of the molecule is O=C(c1ccn(-c2cccc([N+](=O)[O-])c2)n1)N1CCC(C(=O)O)(C(F)(F)F)C1. The molecule has 0 radical (unpaired) electrons. The van der Waals surface area contributed by atoms with Crippen molar-refractivity contribution in [2.24, 2.45) is 5.41 Å². The van der Waals surface area contributed by atoms with Crippen LogP contribution in [0.2, 0.25) is 0 Å². The number of hydrogen-bond donors (Lipinski definition) is 1. The quantitative estimate of drug-likeness (QED) is 0.623. The number of aromatic nitrogens is 2. The molecule has 0 spiro atoms. The number of nitro groups is 1. The summed E-state index contributed by atoms with van der Waals surface area (Å²) in [5, 5.41) is 23.9. The Kier molecular flexibility index (Phi) is 4.57. The predicted octanol–water partition coefficient (Wildman–Crippen LogP) is 2.26. The lowest BCUT2D eigenvalue weighted by Crippen LogP contribution is -2.47. The second kappa shape index (κ2) is 6.62. The number of non-ortho nitro benzene ring substituents is 1. The smallest absolute Gasteiger partial charge is 0.406 e. The highest BCUT2D eigenvalue weighted by molar-refractivity contribution is 5.93. The van der Waals surface area contributed by atoms with Gasteiger partial charge in [0.2, 0.25) is 0 Å². The first-order valence-corrected chi connectivity index (χ1v) is 7.95. The highest BCUT2D eigenvalue weighted by Gasteiger charge is 2.64. The Morgan fingerprint density at radius 2 is 2.00 bits per heavy atom. The molecule has 9 nitrogen and oxygen atoms in total. The van der Waals surface area contributed by atoms with E-state index in [1.165, 1.54) is 41.2 Å². The Hall–Kier alpha value is -3.44. The van der Waals surface area contributed by atoms with Crippen LogP contribution >= 0.6 is 0 Å². The molecule has 1 amide bonds. The van der Waals surface area contributed by atoms with Crippen LogP contribution in [0.3, 0.4) is 0 Å². The molecule has 0 aliphatic carbocycles. The zero-order chi connectivity index (χ0) is 20.7. The largest absolute Gasteiger partial charge is 0.481 e. The van der Waals surface area contributed by atoms with E-state index < -0.39 is 41.4 Å². The third-order valence-electron chi connectivity index (χ3n) is 4.62. The number of hydrogen-bond acceptors (Lipinski definition) is 5. The van der Waals surface area contributed by atoms with Crippen LogP contribution in [0, 0.1) is 15.5 Å². The van der Waals surface area contributed by atoms with Gasteiger partial charge in [-0.25, -0.2) is 4.68 Å². The number of carbonyl (C=O) groups is 2. The molecule has 2 heterocycles. The van der Waals surface area contributed by atoms with E-state index in [-0.39, 0.29) is 23.6 Å². The Morgan fingerprint density at radius 3 is 2.57 bits per heavy atom. The number of rotatable bonds is 4. The molecule has 1 saturated heterocycles. The van der Waals surface area contributed by atoms with Crippen molar-refractivity contribution in [2.75, 3.05) is 13.1 Å². The highest BCUT2D eigenvalue weighted by atomic mass is 19.4. The summed E-state index contributed by atoms with van der Waals surface area (Å²) in [7, 11) is 0. The standard InChI is InChI=1S/C16H13F3N4O5/c17-16(18,19)15(14(25)26)5-7-21(9-15)13(24)12-4-6-22(20-12)10-2-1-3-11(8-10)23(27)28/h1-4,6,8H,5,7,9H2,(H,25,26). The third kappa shape index (κ3) is 3.17. The van der Waals surface area contributed by atoms with Crippen molar-refractivity contribution >= 4 is 17.6 Å². The minimum Gasteiger partial charge on any atom is -0.481 e. The Morgan fingerprint density at radius 1 is 1.29 bits per heavy atom. The molecule has 148 valence electrons. The Labute approximate surface area is 155 Å². The summed E-state index contributed by atoms with van der Waals surface area (Å²) < 4.78 is 40.9. The highest BCUT2D eigenvalue weighted by Crippen LogP contribution is 2.45. The summed E-state index contributed by atoms with van der Waals surface area (Å²) in [6, 6.07) is 6.66. The summed E-state index contributed by atoms with van der Waals surface area (Å²) in [5.74, 6) is -2.88. The number of alkyl halides is 3. The molecule has 28 heavy (non-hydrogen) atoms. The third-order valence-corrected chi connectivity index (χ3v) is 4.62. The van der Waals surface area contributed by atoms with E-state index in [2.05, 4.69) is 5.10 Å². The van der Waals surface area contributed by atoms with Crippen molar-refractivity contribution in [1.82, 2.24) is 14.7 Å². The van der Waals surface area contributed by atoms with Gasteiger partial charge in [-0.15, -0.1) is 0 Å². The number of amides is 1. The number of aliphatic carboxylic acids is 1. The zero-order valence-electron chi connectivity index (χ0n) is 14.1. The molecular formula is C16H13F3N4O5. The van der Waals surface area contributed by atoms with E-state index >= 15 is 0 Å². The van der Waals surface area contributed by atoms with Crippen LogP contribution in [0.5, 0.6) is 0 Å². The van der Waals surface area contributed by atoms with Crippen LogP contribution in [-0.2, 0) is 4.79 Å². The number of nitro benzene ring substituents is 1. The van der Waals surface area contributed by atoms with Gasteiger partial charge in [0.05, 0.1) is 10.6 Å². The average molecular weight is 398 g/mol. The van der Waals surface area contributed by atoms with E-state index in [1.54, 1.807) is 0 Å². The molecule has 1 fully saturated rings. The van der Waals surface area contributed by atoms with Crippen molar-refractivity contribution in [3.8, 4) is 5.69 Å². The van der Waals surface area contributed by atoms with Gasteiger partial charge in [0, 0.05) is 31.4 Å². The van der Waals surface area contributed by atoms with Crippen molar-refractivity contribution in [3.63, 3.8) is 0 Å². The number of halogens is 3. The molecule has 1 N–H and O–H groups in total. The van der Waals surface area contributed by atoms with Gasteiger partial charge in [0.15, 0.2) is 11.1 Å². The molecule has 0 bridgehead atoms. The second-order valence-corrected chi connectivity index (χ2v) is 6.28. The van der Waals surface area contributed by atoms with Crippen LogP contribution in [0.1, 0.15) is 16.9 Å². The van der Waals surface area contributed by atoms with Gasteiger partial charge in [0.25, 0.3) is 11.6 Å². The lowest BCUT2D eigenvalue weighted by molar-refractivity contribution is -0.384. The number of benzene rings is 1. The summed E-state index contributed by atoms with van der Waals surface area (Å²) in [6.07, 6.45) is -4.42. The van der Waals surface area contributed by atoms with Gasteiger partial charge < -0.3 is 10.0 Å². The van der Waals surface area contributed by atoms with Gasteiger partial charge >= 0.3 is 12.1 Å². The number of likely N-dealkylation sites (tertiary alicyclic amines) is 1. The summed E-state index contributed by atoms with van der Waals surface area (Å²) in [4.78, 5) is 34.7. The minimum absolute atomic E-state index is 0.197. The van der Waals surface area contributed by atoms with Gasteiger partial charge in [0.1, 0.15) is 0 Å². The normalized spacial score (nSPS) is 19.6. The first-order valence-electron chi connectivity index (χ1n) is 7.95. The van der Waals surface area contributed by atoms with Crippen molar-refractivity contribution < 1.29 is 32.8 Å². The fourth-order valence-corrected chi connectivity index (χ4v) is 3.00. The van der Waals surface area contributed by atoms with E-state index in [0.29, 0.717) is 0 Å². The molecular weight excluding hydrogens is 385 g/mol. The molecule has 1 aromatic heterocycles. The molecule has 3 rings (SSSR count). The molecule has 12 heteroatoms. The topological polar surface area (TPSA) is 119 Å². The van der Waals surface area contributed by atoms with E-state index in [9.17, 15) is 32.9 Å². The number of carboxylic acids is 1. The summed E-state index contributed by atoms with van der Waals surface area (Å²) in [6.45, 7) is -1.39. The molecule has 2 aromatic rings. The second-order valence-electron chi connectivity index (χ2n) is 6.28. The summed E-state index contributed by atoms with van der Waals surface area (Å²) >= 11 is 0. The zero-order valence-corrected chi connectivity index (χ0v) is 14.1. The van der Waals surface area contributed by atoms with E-state index in [1.807, 2.05) is 0 Å². The van der Waals surface area contributed by atoms with Gasteiger partial charge in [-0.1, -0.05) is 6.07 Å². The number of carboxylic acid groups (broad SMARTS) is 1. The predicted molar refractivity (Wildman–Crippen MR) is 86.9 cm³/mol. The van der Waals surface area contributed by atoms with Crippen LogP contribution < -0.4 is 0 Å². The number of nitrogens with zero attached hydrogens (tertiary/aromatic N) is 4. The lowest BCUT2D eigenvalue weighted by Gasteiger charge is -2.27. The molecule has 0 saturated carbocycles. The van der Waals surface area contributed by atoms with Crippen molar-refractivity contribution in [3.05, 3.63) is 52.3 Å². The maximum Gasteiger partial charge on any atom is 0.406 e. The molecule has 1 unspecified atom stereocenters. The fourth-order valence-electron chi connectivity index (χ4n) is 3.00. The van der Waals surface area contributed by atoms with Gasteiger partial charge in [-0.05, 0) is 18.6 Å². The molecule has 1 aliphatic rings. The lowest BCUT2D eigenvalue weighted by atomic mass is 9.86. The maximum atomic E-state index is 13.2. The van der Waals surface area contributed by atoms with E-state index in [0.717, 1.165) is 4.90 Å². The average Bonchev–Trinajstić information content (AvgIpc) is 3.29. The van der Waals surface area contributed by atoms with E-state index in [4.69, 9.17) is 5.11 Å². The fraction of sp³-hybridized carbons (Fsp3) is 0.312. The van der Waals surface area contributed by atoms with Crippen molar-refractivity contribution in [2.45, 2.75) is 12.6 Å². The molecule has 1 aromatic carbocycles.